The number of amides is 2. The van der Waals surface area contributed by atoms with Gasteiger partial charge in [-0.05, 0) is 18.6 Å². The topological polar surface area (TPSA) is 95.7 Å². The summed E-state index contributed by atoms with van der Waals surface area (Å²) in [5.74, 6) is -0.911. The summed E-state index contributed by atoms with van der Waals surface area (Å²) < 4.78 is 0. The summed E-state index contributed by atoms with van der Waals surface area (Å²) in [6.45, 7) is 2.29. The first-order chi connectivity index (χ1) is 9.01. The molecule has 1 rings (SSSR count). The van der Waals surface area contributed by atoms with E-state index in [9.17, 15) is 14.7 Å². The van der Waals surface area contributed by atoms with Gasteiger partial charge in [-0.15, -0.1) is 0 Å². The summed E-state index contributed by atoms with van der Waals surface area (Å²) in [5, 5.41) is 12.3. The summed E-state index contributed by atoms with van der Waals surface area (Å²) in [5.41, 5.74) is 5.81. The van der Waals surface area contributed by atoms with Crippen molar-refractivity contribution in [3.8, 4) is 5.75 Å². The van der Waals surface area contributed by atoms with E-state index in [4.69, 9.17) is 5.73 Å². The highest BCUT2D eigenvalue weighted by Gasteiger charge is 2.21. The van der Waals surface area contributed by atoms with E-state index in [1.807, 2.05) is 6.92 Å². The number of para-hydroxylation sites is 1. The van der Waals surface area contributed by atoms with E-state index in [-0.39, 0.29) is 29.5 Å². The maximum atomic E-state index is 12.3. The predicted octanol–water partition coefficient (Wildman–Crippen LogP) is 0.573. The Morgan fingerprint density at radius 3 is 2.68 bits per heavy atom. The fourth-order valence-corrected chi connectivity index (χ4v) is 1.68. The van der Waals surface area contributed by atoms with Crippen LogP contribution in [-0.2, 0) is 4.79 Å². The molecule has 0 fully saturated rings. The van der Waals surface area contributed by atoms with Crippen LogP contribution in [0.5, 0.6) is 5.75 Å². The minimum Gasteiger partial charge on any atom is -0.505 e. The summed E-state index contributed by atoms with van der Waals surface area (Å²) in [6.07, 6.45) is 0.714. The molecule has 104 valence electrons. The summed E-state index contributed by atoms with van der Waals surface area (Å²) in [6, 6.07) is 4.59. The van der Waals surface area contributed by atoms with E-state index in [1.165, 1.54) is 24.1 Å². The zero-order valence-electron chi connectivity index (χ0n) is 11.1. The molecule has 6 nitrogen and oxygen atoms in total. The van der Waals surface area contributed by atoms with Crippen LogP contribution in [0.1, 0.15) is 23.7 Å². The van der Waals surface area contributed by atoms with E-state index in [2.05, 4.69) is 5.32 Å². The van der Waals surface area contributed by atoms with Crippen LogP contribution in [0.3, 0.4) is 0 Å². The van der Waals surface area contributed by atoms with Crippen LogP contribution in [0.4, 0.5) is 5.69 Å². The fraction of sp³-hybridized carbons (Fsp3) is 0.385. The smallest absolute Gasteiger partial charge is 0.258 e. The Labute approximate surface area is 112 Å². The number of carbonyl (C=O) groups excluding carboxylic acids is 2. The average molecular weight is 265 g/mol. The van der Waals surface area contributed by atoms with Crippen LogP contribution < -0.4 is 11.1 Å². The molecule has 1 aromatic carbocycles. The van der Waals surface area contributed by atoms with Gasteiger partial charge < -0.3 is 21.1 Å². The molecule has 0 saturated carbocycles. The number of anilines is 1. The van der Waals surface area contributed by atoms with Gasteiger partial charge in [0.15, 0.2) is 5.75 Å². The van der Waals surface area contributed by atoms with Crippen molar-refractivity contribution in [2.75, 3.05) is 25.9 Å². The Morgan fingerprint density at radius 1 is 1.42 bits per heavy atom. The van der Waals surface area contributed by atoms with Crippen LogP contribution >= 0.6 is 0 Å². The van der Waals surface area contributed by atoms with Gasteiger partial charge in [0.25, 0.3) is 5.91 Å². The largest absolute Gasteiger partial charge is 0.505 e. The van der Waals surface area contributed by atoms with Gasteiger partial charge in [0.05, 0.1) is 17.8 Å². The molecule has 0 radical (unpaired) electrons. The third kappa shape index (κ3) is 3.61. The molecule has 0 atom stereocenters. The average Bonchev–Trinajstić information content (AvgIpc) is 2.40. The minimum atomic E-state index is -0.407. The van der Waals surface area contributed by atoms with Gasteiger partial charge in [-0.3, -0.25) is 9.59 Å². The van der Waals surface area contributed by atoms with Crippen LogP contribution in [0.15, 0.2) is 18.2 Å². The first kappa shape index (κ1) is 14.8. The number of nitrogen functional groups attached to an aromatic ring is 1. The molecule has 4 N–H and O–H groups in total. The van der Waals surface area contributed by atoms with E-state index < -0.39 is 5.91 Å². The van der Waals surface area contributed by atoms with Gasteiger partial charge in [0, 0.05) is 13.6 Å². The number of phenols is 1. The highest BCUT2D eigenvalue weighted by Crippen LogP contribution is 2.25. The Morgan fingerprint density at radius 2 is 2.11 bits per heavy atom. The van der Waals surface area contributed by atoms with Crippen LogP contribution in [0.25, 0.3) is 0 Å². The molecule has 2 amide bonds. The molecular weight excluding hydrogens is 246 g/mol. The standard InChI is InChI=1S/C13H19N3O3/c1-3-7-16(8-11(17)15-2)13(19)9-5-4-6-10(14)12(9)18/h4-6,18H,3,7-8,14H2,1-2H3,(H,15,17). The zero-order valence-corrected chi connectivity index (χ0v) is 11.1. The number of hydrogen-bond acceptors (Lipinski definition) is 4. The monoisotopic (exact) mass is 265 g/mol. The van der Waals surface area contributed by atoms with Gasteiger partial charge in [-0.1, -0.05) is 13.0 Å². The number of aromatic hydroxyl groups is 1. The van der Waals surface area contributed by atoms with Gasteiger partial charge in [0.2, 0.25) is 5.91 Å². The highest BCUT2D eigenvalue weighted by molar-refractivity contribution is 6.00. The molecule has 0 heterocycles. The van der Waals surface area contributed by atoms with Crippen molar-refractivity contribution in [3.05, 3.63) is 23.8 Å². The highest BCUT2D eigenvalue weighted by atomic mass is 16.3. The molecule has 0 unspecified atom stereocenters. The third-order valence-corrected chi connectivity index (χ3v) is 2.69. The number of carbonyl (C=O) groups is 2. The number of benzene rings is 1. The van der Waals surface area contributed by atoms with Crippen molar-refractivity contribution in [1.29, 1.82) is 0 Å². The van der Waals surface area contributed by atoms with E-state index >= 15 is 0 Å². The third-order valence-electron chi connectivity index (χ3n) is 2.69. The Balaban J connectivity index is 2.98. The van der Waals surface area contributed by atoms with E-state index in [0.717, 1.165) is 0 Å². The predicted molar refractivity (Wildman–Crippen MR) is 72.8 cm³/mol. The first-order valence-electron chi connectivity index (χ1n) is 6.08. The Bertz CT molecular complexity index is 474. The van der Waals surface area contributed by atoms with Crippen molar-refractivity contribution in [1.82, 2.24) is 10.2 Å². The molecule has 0 saturated heterocycles. The summed E-state index contributed by atoms with van der Waals surface area (Å²) in [7, 11) is 1.51. The molecule has 0 aliphatic heterocycles. The number of nitrogens with zero attached hydrogens (tertiary/aromatic N) is 1. The normalized spacial score (nSPS) is 10.0. The fourth-order valence-electron chi connectivity index (χ4n) is 1.68. The number of rotatable bonds is 5. The second kappa shape index (κ2) is 6.63. The van der Waals surface area contributed by atoms with Crippen molar-refractivity contribution < 1.29 is 14.7 Å². The van der Waals surface area contributed by atoms with Crippen LogP contribution in [0.2, 0.25) is 0 Å². The number of nitrogens with one attached hydrogen (secondary N) is 1. The van der Waals surface area contributed by atoms with E-state index in [0.29, 0.717) is 13.0 Å². The van der Waals surface area contributed by atoms with Gasteiger partial charge in [-0.25, -0.2) is 0 Å². The molecule has 19 heavy (non-hydrogen) atoms. The zero-order chi connectivity index (χ0) is 14.4. The lowest BCUT2D eigenvalue weighted by Gasteiger charge is -2.21. The first-order valence-corrected chi connectivity index (χ1v) is 6.08. The van der Waals surface area contributed by atoms with Crippen LogP contribution in [-0.4, -0.2) is 42.0 Å². The summed E-state index contributed by atoms with van der Waals surface area (Å²) in [4.78, 5) is 25.1. The molecular formula is C13H19N3O3. The van der Waals surface area contributed by atoms with Crippen molar-refractivity contribution in [2.45, 2.75) is 13.3 Å². The van der Waals surface area contributed by atoms with E-state index in [1.54, 1.807) is 6.07 Å². The lowest BCUT2D eigenvalue weighted by Crippen LogP contribution is -2.40. The second-order valence-electron chi connectivity index (χ2n) is 4.14. The lowest BCUT2D eigenvalue weighted by molar-refractivity contribution is -0.121. The molecule has 0 spiro atoms. The number of likely N-dealkylation sites (N-methyl/N-ethyl adjacent to an activating group) is 1. The van der Waals surface area contributed by atoms with Gasteiger partial charge in [0.1, 0.15) is 0 Å². The maximum absolute atomic E-state index is 12.3. The quantitative estimate of drug-likeness (QED) is 0.536. The molecule has 1 aromatic rings. The minimum absolute atomic E-state index is 0.0442. The second-order valence-corrected chi connectivity index (χ2v) is 4.14. The lowest BCUT2D eigenvalue weighted by atomic mass is 10.1. The Kier molecular flexibility index (Phi) is 5.17. The van der Waals surface area contributed by atoms with Gasteiger partial charge in [-0.2, -0.15) is 0 Å². The number of nitrogens with two attached hydrogens (primary N) is 1. The number of hydrogen-bond donors (Lipinski definition) is 3. The van der Waals surface area contributed by atoms with Crippen molar-refractivity contribution in [2.24, 2.45) is 0 Å². The van der Waals surface area contributed by atoms with Gasteiger partial charge >= 0.3 is 0 Å². The molecule has 0 aliphatic rings. The molecule has 0 aromatic heterocycles. The summed E-state index contributed by atoms with van der Waals surface area (Å²) >= 11 is 0. The SMILES string of the molecule is CCCN(CC(=O)NC)C(=O)c1cccc(N)c1O. The number of phenolic OH excluding ortho intramolecular Hbond substituents is 1. The molecule has 0 bridgehead atoms. The molecule has 6 heteroatoms. The maximum Gasteiger partial charge on any atom is 0.258 e. The van der Waals surface area contributed by atoms with Crippen LogP contribution in [0, 0.1) is 0 Å². The van der Waals surface area contributed by atoms with Crippen molar-refractivity contribution in [3.63, 3.8) is 0 Å². The molecule has 0 aliphatic carbocycles. The Hall–Kier alpha value is -2.24. The van der Waals surface area contributed by atoms with Crippen molar-refractivity contribution >= 4 is 17.5 Å².